The number of hydrogen-bond donors (Lipinski definition) is 0. The largest absolute Gasteiger partial charge is 0.343 e. The Morgan fingerprint density at radius 1 is 1.25 bits per heavy atom. The van der Waals surface area contributed by atoms with Gasteiger partial charge in [-0.1, -0.05) is 39.0 Å². The molecule has 0 saturated heterocycles. The van der Waals surface area contributed by atoms with E-state index in [1.807, 2.05) is 0 Å². The summed E-state index contributed by atoms with van der Waals surface area (Å²) >= 11 is 0. The highest BCUT2D eigenvalue weighted by atomic mass is 14.2. The van der Waals surface area contributed by atoms with Crippen LogP contribution in [0.15, 0.2) is 0 Å². The van der Waals surface area contributed by atoms with Crippen LogP contribution in [0.2, 0.25) is 0 Å². The summed E-state index contributed by atoms with van der Waals surface area (Å²) in [5.41, 5.74) is 0.514. The zero-order valence-electron chi connectivity index (χ0n) is 6.33. The fraction of sp³-hybridized carbons (Fsp3) is 0.875. The maximum atomic E-state index is 3.90. The van der Waals surface area contributed by atoms with Crippen LogP contribution in [0.5, 0.6) is 0 Å². The summed E-state index contributed by atoms with van der Waals surface area (Å²) < 4.78 is 0. The molecule has 0 aliphatic rings. The lowest BCUT2D eigenvalue weighted by atomic mass is 9.82. The first-order valence-corrected chi connectivity index (χ1v) is 3.47. The van der Waals surface area contributed by atoms with E-state index in [1.165, 1.54) is 12.8 Å². The summed E-state index contributed by atoms with van der Waals surface area (Å²) in [5, 5.41) is 0. The van der Waals surface area contributed by atoms with Gasteiger partial charge in [-0.3, -0.25) is 0 Å². The first-order chi connectivity index (χ1) is 3.68. The molecule has 0 N–H and O–H groups in total. The van der Waals surface area contributed by atoms with Crippen LogP contribution in [0.1, 0.15) is 40.0 Å². The second kappa shape index (κ2) is 3.11. The van der Waals surface area contributed by atoms with E-state index in [2.05, 4.69) is 27.7 Å². The topological polar surface area (TPSA) is 0 Å². The maximum absolute atomic E-state index is 3.90. The summed E-state index contributed by atoms with van der Waals surface area (Å²) in [5.74, 6) is 0. The van der Waals surface area contributed by atoms with Gasteiger partial charge in [-0.15, -0.1) is 0 Å². The third-order valence-electron chi connectivity index (χ3n) is 2.31. The normalized spacial score (nSPS) is 12.0. The van der Waals surface area contributed by atoms with Crippen LogP contribution in [-0.2, 0) is 0 Å². The van der Waals surface area contributed by atoms with Gasteiger partial charge in [-0.05, 0) is 0 Å². The van der Waals surface area contributed by atoms with Crippen molar-refractivity contribution in [2.24, 2.45) is 5.41 Å². The van der Waals surface area contributed by atoms with Crippen molar-refractivity contribution in [2.75, 3.05) is 0 Å². The monoisotopic (exact) mass is 113 g/mol. The molecule has 0 amide bonds. The molecule has 0 nitrogen and oxygen atoms in total. The van der Waals surface area contributed by atoms with Crippen molar-refractivity contribution in [2.45, 2.75) is 40.0 Å². The minimum absolute atomic E-state index is 0.514. The van der Waals surface area contributed by atoms with E-state index < -0.39 is 0 Å². The molecule has 0 bridgehead atoms. The number of rotatable bonds is 3. The van der Waals surface area contributed by atoms with Gasteiger partial charge in [0.05, 0.1) is 0 Å². The van der Waals surface area contributed by atoms with Crippen LogP contribution in [0.3, 0.4) is 0 Å². The molecule has 0 aromatic rings. The standard InChI is InChI=1S/C8H17/c1-5-8(4,6-2)7-3/h1,5-7H2,2-4H3/q-1. The molecule has 0 aromatic carbocycles. The average Bonchev–Trinajstić information content (AvgIpc) is 1.87. The van der Waals surface area contributed by atoms with E-state index in [9.17, 15) is 0 Å². The highest BCUT2D eigenvalue weighted by Crippen LogP contribution is 2.28. The van der Waals surface area contributed by atoms with E-state index in [4.69, 9.17) is 0 Å². The molecule has 0 spiro atoms. The number of hydrogen-bond acceptors (Lipinski definition) is 0. The van der Waals surface area contributed by atoms with Crippen molar-refractivity contribution in [1.82, 2.24) is 0 Å². The van der Waals surface area contributed by atoms with Crippen LogP contribution in [-0.4, -0.2) is 0 Å². The molecule has 0 fully saturated rings. The van der Waals surface area contributed by atoms with Gasteiger partial charge in [0.2, 0.25) is 0 Å². The van der Waals surface area contributed by atoms with Gasteiger partial charge in [0.1, 0.15) is 0 Å². The van der Waals surface area contributed by atoms with Crippen molar-refractivity contribution in [3.05, 3.63) is 6.92 Å². The first-order valence-electron chi connectivity index (χ1n) is 3.47. The molecular formula is C8H17-. The Kier molecular flexibility index (Phi) is 3.11. The fourth-order valence-corrected chi connectivity index (χ4v) is 0.604. The summed E-state index contributed by atoms with van der Waals surface area (Å²) in [7, 11) is 0. The Hall–Kier alpha value is 0. The highest BCUT2D eigenvalue weighted by Gasteiger charge is 2.11. The molecule has 0 heterocycles. The Morgan fingerprint density at radius 2 is 1.62 bits per heavy atom. The molecule has 8 heavy (non-hydrogen) atoms. The van der Waals surface area contributed by atoms with Crippen molar-refractivity contribution >= 4 is 0 Å². The Morgan fingerprint density at radius 3 is 1.62 bits per heavy atom. The van der Waals surface area contributed by atoms with Gasteiger partial charge in [0.15, 0.2) is 0 Å². The zero-order chi connectivity index (χ0) is 6.62. The van der Waals surface area contributed by atoms with Gasteiger partial charge >= 0.3 is 0 Å². The second-order valence-electron chi connectivity index (χ2n) is 2.77. The third-order valence-corrected chi connectivity index (χ3v) is 2.31. The lowest BCUT2D eigenvalue weighted by molar-refractivity contribution is 0.301. The Labute approximate surface area is 53.3 Å². The molecule has 0 radical (unpaired) electrons. The Balaban J connectivity index is 3.58. The quantitative estimate of drug-likeness (QED) is 0.493. The van der Waals surface area contributed by atoms with Crippen LogP contribution >= 0.6 is 0 Å². The summed E-state index contributed by atoms with van der Waals surface area (Å²) in [6, 6.07) is 0. The molecule has 0 heteroatoms. The summed E-state index contributed by atoms with van der Waals surface area (Å²) in [6.45, 7) is 10.7. The van der Waals surface area contributed by atoms with Crippen molar-refractivity contribution < 1.29 is 0 Å². The third kappa shape index (κ3) is 1.85. The van der Waals surface area contributed by atoms with Gasteiger partial charge in [-0.25, -0.2) is 0 Å². The van der Waals surface area contributed by atoms with E-state index >= 15 is 0 Å². The fourth-order valence-electron chi connectivity index (χ4n) is 0.604. The van der Waals surface area contributed by atoms with E-state index in [0.717, 1.165) is 6.42 Å². The van der Waals surface area contributed by atoms with E-state index in [1.54, 1.807) is 0 Å². The van der Waals surface area contributed by atoms with Gasteiger partial charge in [-0.2, -0.15) is 6.42 Å². The summed E-state index contributed by atoms with van der Waals surface area (Å²) in [6.07, 6.45) is 3.58. The van der Waals surface area contributed by atoms with Crippen LogP contribution in [0, 0.1) is 12.3 Å². The van der Waals surface area contributed by atoms with Crippen LogP contribution in [0.4, 0.5) is 0 Å². The second-order valence-corrected chi connectivity index (χ2v) is 2.77. The molecule has 0 atom stereocenters. The van der Waals surface area contributed by atoms with Crippen molar-refractivity contribution in [1.29, 1.82) is 0 Å². The average molecular weight is 113 g/mol. The smallest absolute Gasteiger partial charge is 0.0532 e. The SMILES string of the molecule is [CH2-]CC(C)(CC)CC. The molecule has 0 aliphatic carbocycles. The Bertz CT molecular complexity index is 42.8. The van der Waals surface area contributed by atoms with E-state index in [-0.39, 0.29) is 0 Å². The minimum atomic E-state index is 0.514. The predicted molar refractivity (Wildman–Crippen MR) is 38.7 cm³/mol. The van der Waals surface area contributed by atoms with Gasteiger partial charge in [0.25, 0.3) is 0 Å². The van der Waals surface area contributed by atoms with Crippen molar-refractivity contribution in [3.8, 4) is 0 Å². The van der Waals surface area contributed by atoms with E-state index in [0.29, 0.717) is 5.41 Å². The molecular weight excluding hydrogens is 96.1 g/mol. The predicted octanol–water partition coefficient (Wildman–Crippen LogP) is 3.04. The zero-order valence-corrected chi connectivity index (χ0v) is 6.33. The first kappa shape index (κ1) is 8.00. The molecule has 0 unspecified atom stereocenters. The molecule has 0 saturated carbocycles. The van der Waals surface area contributed by atoms with Crippen molar-refractivity contribution in [3.63, 3.8) is 0 Å². The lowest BCUT2D eigenvalue weighted by Gasteiger charge is -2.27. The molecule has 50 valence electrons. The van der Waals surface area contributed by atoms with Crippen LogP contribution in [0.25, 0.3) is 0 Å². The maximum Gasteiger partial charge on any atom is -0.0532 e. The lowest BCUT2D eigenvalue weighted by Crippen LogP contribution is -2.11. The minimum Gasteiger partial charge on any atom is -0.343 e. The highest BCUT2D eigenvalue weighted by molar-refractivity contribution is 4.70. The van der Waals surface area contributed by atoms with Gasteiger partial charge in [0, 0.05) is 0 Å². The van der Waals surface area contributed by atoms with Gasteiger partial charge < -0.3 is 6.92 Å². The summed E-state index contributed by atoms with van der Waals surface area (Å²) in [4.78, 5) is 0. The van der Waals surface area contributed by atoms with Crippen LogP contribution < -0.4 is 0 Å². The molecule has 0 rings (SSSR count). The molecule has 0 aliphatic heterocycles. The molecule has 0 aromatic heterocycles.